The number of hydrogen-bond acceptors (Lipinski definition) is 8. The SMILES string of the molecule is O=[N+]([O-])c1cc(-c2noc(-c3c[n+]([O-])ccc3C(F)(F)F)n2)cc(O)c1O. The predicted octanol–water partition coefficient (Wildman–Crippen LogP) is 2.38. The number of benzene rings is 1. The van der Waals surface area contributed by atoms with Crippen molar-refractivity contribution in [1.29, 1.82) is 0 Å². The Morgan fingerprint density at radius 3 is 2.59 bits per heavy atom. The number of hydrogen-bond donors (Lipinski definition) is 2. The third-order valence-electron chi connectivity index (χ3n) is 3.42. The summed E-state index contributed by atoms with van der Waals surface area (Å²) >= 11 is 0. The highest BCUT2D eigenvalue weighted by Gasteiger charge is 2.37. The first-order valence-electron chi connectivity index (χ1n) is 6.92. The fourth-order valence-corrected chi connectivity index (χ4v) is 2.22. The van der Waals surface area contributed by atoms with Crippen LogP contribution in [0.5, 0.6) is 11.5 Å². The Kier molecular flexibility index (Phi) is 4.06. The lowest BCUT2D eigenvalue weighted by Gasteiger charge is -2.09. The van der Waals surface area contributed by atoms with E-state index in [4.69, 9.17) is 4.52 Å². The Balaban J connectivity index is 2.12. The molecule has 0 aliphatic heterocycles. The maximum atomic E-state index is 13.1. The Bertz CT molecular complexity index is 1050. The van der Waals surface area contributed by atoms with Crippen molar-refractivity contribution in [3.05, 3.63) is 51.5 Å². The number of halogens is 3. The lowest BCUT2D eigenvalue weighted by Crippen LogP contribution is -2.26. The third kappa shape index (κ3) is 3.29. The van der Waals surface area contributed by atoms with Gasteiger partial charge in [-0.15, -0.1) is 0 Å². The molecule has 0 saturated carbocycles. The molecule has 13 heteroatoms. The summed E-state index contributed by atoms with van der Waals surface area (Å²) in [6.07, 6.45) is -3.59. The van der Waals surface area contributed by atoms with Gasteiger partial charge in [-0.1, -0.05) is 5.16 Å². The number of phenolic OH excluding ortho intramolecular Hbond substituents is 2. The van der Waals surface area contributed by atoms with Crippen molar-refractivity contribution < 1.29 is 37.6 Å². The van der Waals surface area contributed by atoms with Crippen LogP contribution >= 0.6 is 0 Å². The quantitative estimate of drug-likeness (QED) is 0.230. The van der Waals surface area contributed by atoms with Gasteiger partial charge in [-0.3, -0.25) is 10.1 Å². The first-order valence-corrected chi connectivity index (χ1v) is 6.92. The van der Waals surface area contributed by atoms with Gasteiger partial charge in [-0.25, -0.2) is 0 Å². The number of alkyl halides is 3. The number of pyridine rings is 1. The number of rotatable bonds is 3. The van der Waals surface area contributed by atoms with Gasteiger partial charge < -0.3 is 19.9 Å². The van der Waals surface area contributed by atoms with Crippen LogP contribution < -0.4 is 4.73 Å². The molecule has 3 aromatic rings. The zero-order chi connectivity index (χ0) is 19.9. The zero-order valence-corrected chi connectivity index (χ0v) is 12.8. The molecular formula is C14H7F3N4O6. The summed E-state index contributed by atoms with van der Waals surface area (Å²) in [4.78, 5) is 13.6. The summed E-state index contributed by atoms with van der Waals surface area (Å²) in [6.45, 7) is 0. The van der Waals surface area contributed by atoms with E-state index in [1.807, 2.05) is 0 Å². The van der Waals surface area contributed by atoms with Gasteiger partial charge in [0.1, 0.15) is 5.56 Å². The lowest BCUT2D eigenvalue weighted by atomic mass is 10.1. The molecule has 1 aromatic carbocycles. The highest BCUT2D eigenvalue weighted by molar-refractivity contribution is 5.69. The number of phenols is 2. The second-order valence-corrected chi connectivity index (χ2v) is 5.17. The molecule has 0 aliphatic carbocycles. The van der Waals surface area contributed by atoms with Crippen LogP contribution in [0.25, 0.3) is 22.8 Å². The van der Waals surface area contributed by atoms with E-state index >= 15 is 0 Å². The zero-order valence-electron chi connectivity index (χ0n) is 12.8. The van der Waals surface area contributed by atoms with Gasteiger partial charge in [0, 0.05) is 17.7 Å². The maximum Gasteiger partial charge on any atom is 0.417 e. The van der Waals surface area contributed by atoms with Crippen molar-refractivity contribution in [2.75, 3.05) is 0 Å². The number of nitrogens with zero attached hydrogens (tertiary/aromatic N) is 4. The van der Waals surface area contributed by atoms with E-state index in [1.54, 1.807) is 0 Å². The van der Waals surface area contributed by atoms with E-state index < -0.39 is 51.1 Å². The highest BCUT2D eigenvalue weighted by Crippen LogP contribution is 2.40. The van der Waals surface area contributed by atoms with Gasteiger partial charge in [0.25, 0.3) is 5.89 Å². The van der Waals surface area contributed by atoms with Crippen LogP contribution in [0, 0.1) is 15.3 Å². The van der Waals surface area contributed by atoms with Gasteiger partial charge in [-0.2, -0.15) is 22.9 Å². The summed E-state index contributed by atoms with van der Waals surface area (Å²) in [5.41, 5.74) is -2.98. The summed E-state index contributed by atoms with van der Waals surface area (Å²) in [6, 6.07) is 2.19. The molecule has 0 atom stereocenters. The molecule has 0 spiro atoms. The minimum atomic E-state index is -4.81. The minimum Gasteiger partial charge on any atom is -0.619 e. The molecule has 0 bridgehead atoms. The number of aromatic hydroxyl groups is 2. The number of aromatic nitrogens is 3. The van der Waals surface area contributed by atoms with Gasteiger partial charge in [0.15, 0.2) is 18.1 Å². The van der Waals surface area contributed by atoms with Crippen LogP contribution in [0.2, 0.25) is 0 Å². The molecule has 0 amide bonds. The third-order valence-corrected chi connectivity index (χ3v) is 3.42. The van der Waals surface area contributed by atoms with E-state index in [2.05, 4.69) is 10.1 Å². The van der Waals surface area contributed by atoms with E-state index in [0.29, 0.717) is 18.5 Å². The Hall–Kier alpha value is -3.90. The molecule has 10 nitrogen and oxygen atoms in total. The standard InChI is InChI=1S/C14H7F3N4O6/c15-14(16,17)8-1-2-20(24)5-7(8)13-18-12(19-27-13)6-3-9(21(25)26)11(23)10(22)4-6/h1-5,22-23H. The monoisotopic (exact) mass is 384 g/mol. The lowest BCUT2D eigenvalue weighted by molar-refractivity contribution is -0.605. The van der Waals surface area contributed by atoms with Crippen molar-refractivity contribution in [3.8, 4) is 34.3 Å². The fourth-order valence-electron chi connectivity index (χ4n) is 2.22. The normalized spacial score (nSPS) is 11.5. The molecule has 3 rings (SSSR count). The molecule has 0 aliphatic rings. The summed E-state index contributed by atoms with van der Waals surface area (Å²) in [5.74, 6) is -2.93. The summed E-state index contributed by atoms with van der Waals surface area (Å²) in [5, 5.41) is 44.7. The summed E-state index contributed by atoms with van der Waals surface area (Å²) in [7, 11) is 0. The van der Waals surface area contributed by atoms with Crippen LogP contribution in [0.3, 0.4) is 0 Å². The molecule has 0 saturated heterocycles. The fraction of sp³-hybridized carbons (Fsp3) is 0.0714. The van der Waals surface area contributed by atoms with Crippen molar-refractivity contribution in [3.63, 3.8) is 0 Å². The Labute approximate surface area is 146 Å². The van der Waals surface area contributed by atoms with Crippen molar-refractivity contribution in [2.45, 2.75) is 6.18 Å². The highest BCUT2D eigenvalue weighted by atomic mass is 19.4. The van der Waals surface area contributed by atoms with Gasteiger partial charge in [-0.05, 0) is 6.07 Å². The van der Waals surface area contributed by atoms with E-state index in [-0.39, 0.29) is 10.3 Å². The molecule has 0 fully saturated rings. The second kappa shape index (κ2) is 6.12. The van der Waals surface area contributed by atoms with E-state index in [9.17, 15) is 38.7 Å². The largest absolute Gasteiger partial charge is 0.619 e. The summed E-state index contributed by atoms with van der Waals surface area (Å²) < 4.78 is 44.1. The van der Waals surface area contributed by atoms with Crippen LogP contribution in [0.1, 0.15) is 5.56 Å². The maximum absolute atomic E-state index is 13.1. The Morgan fingerprint density at radius 1 is 1.26 bits per heavy atom. The number of nitro benzene ring substituents is 1. The van der Waals surface area contributed by atoms with E-state index in [0.717, 1.165) is 12.1 Å². The van der Waals surface area contributed by atoms with Gasteiger partial charge in [0.05, 0.1) is 10.5 Å². The van der Waals surface area contributed by atoms with Crippen LogP contribution in [0.4, 0.5) is 18.9 Å². The predicted molar refractivity (Wildman–Crippen MR) is 79.1 cm³/mol. The van der Waals surface area contributed by atoms with Gasteiger partial charge >= 0.3 is 11.9 Å². The molecule has 140 valence electrons. The Morgan fingerprint density at radius 2 is 1.96 bits per heavy atom. The molecule has 2 aromatic heterocycles. The molecule has 2 heterocycles. The smallest absolute Gasteiger partial charge is 0.417 e. The van der Waals surface area contributed by atoms with Crippen LogP contribution in [-0.4, -0.2) is 25.3 Å². The molecule has 0 radical (unpaired) electrons. The molecular weight excluding hydrogens is 377 g/mol. The van der Waals surface area contributed by atoms with Crippen LogP contribution in [-0.2, 0) is 6.18 Å². The van der Waals surface area contributed by atoms with Crippen molar-refractivity contribution >= 4 is 5.69 Å². The average Bonchev–Trinajstić information content (AvgIpc) is 3.05. The van der Waals surface area contributed by atoms with E-state index in [1.165, 1.54) is 0 Å². The first-order chi connectivity index (χ1) is 12.6. The molecule has 0 unspecified atom stereocenters. The first kappa shape index (κ1) is 17.9. The topological polar surface area (TPSA) is 149 Å². The average molecular weight is 384 g/mol. The van der Waals surface area contributed by atoms with Gasteiger partial charge in [0.2, 0.25) is 11.6 Å². The molecule has 27 heavy (non-hydrogen) atoms. The minimum absolute atomic E-state index is 0.103. The van der Waals surface area contributed by atoms with Crippen LogP contribution in [0.15, 0.2) is 35.1 Å². The number of nitro groups is 1. The molecule has 2 N–H and O–H groups in total. The van der Waals surface area contributed by atoms with Crippen molar-refractivity contribution in [2.24, 2.45) is 0 Å². The second-order valence-electron chi connectivity index (χ2n) is 5.17. The van der Waals surface area contributed by atoms with Crippen molar-refractivity contribution in [1.82, 2.24) is 10.1 Å².